The number of nitrogens with zero attached hydrogens (tertiary/aromatic N) is 2. The normalized spacial score (nSPS) is 22.0. The molecule has 0 atom stereocenters. The molecular weight excluding hydrogens is 260 g/mol. The van der Waals surface area contributed by atoms with Crippen molar-refractivity contribution in [2.45, 2.75) is 59.3 Å². The Morgan fingerprint density at radius 3 is 2.24 bits per heavy atom. The first-order valence-electron chi connectivity index (χ1n) is 8.53. The molecule has 1 aromatic rings. The van der Waals surface area contributed by atoms with E-state index in [4.69, 9.17) is 0 Å². The number of aromatic nitrogens is 2. The van der Waals surface area contributed by atoms with E-state index < -0.39 is 0 Å². The van der Waals surface area contributed by atoms with Gasteiger partial charge in [-0.25, -0.2) is 9.97 Å². The Hall–Kier alpha value is -1.32. The van der Waals surface area contributed by atoms with Crippen molar-refractivity contribution < 1.29 is 0 Å². The number of rotatable bonds is 7. The molecule has 21 heavy (non-hydrogen) atoms. The third-order valence-electron chi connectivity index (χ3n) is 4.73. The summed E-state index contributed by atoms with van der Waals surface area (Å²) < 4.78 is 0. The molecule has 4 nitrogen and oxygen atoms in total. The van der Waals surface area contributed by atoms with Gasteiger partial charge in [-0.3, -0.25) is 0 Å². The van der Waals surface area contributed by atoms with Gasteiger partial charge in [0, 0.05) is 18.7 Å². The molecule has 0 saturated heterocycles. The van der Waals surface area contributed by atoms with E-state index in [9.17, 15) is 0 Å². The molecule has 0 radical (unpaired) electrons. The van der Waals surface area contributed by atoms with Gasteiger partial charge in [-0.1, -0.05) is 33.1 Å². The Labute approximate surface area is 129 Å². The average molecular weight is 290 g/mol. The van der Waals surface area contributed by atoms with Crippen LogP contribution in [0.3, 0.4) is 0 Å². The number of nitrogens with one attached hydrogen (secondary N) is 2. The molecule has 0 amide bonds. The van der Waals surface area contributed by atoms with Gasteiger partial charge in [0.25, 0.3) is 0 Å². The molecule has 1 aliphatic rings. The van der Waals surface area contributed by atoms with E-state index in [1.807, 2.05) is 0 Å². The summed E-state index contributed by atoms with van der Waals surface area (Å²) in [5, 5.41) is 6.90. The smallest absolute Gasteiger partial charge is 0.134 e. The van der Waals surface area contributed by atoms with Gasteiger partial charge in [-0.2, -0.15) is 0 Å². The molecule has 0 unspecified atom stereocenters. The first kappa shape index (κ1) is 16.1. The van der Waals surface area contributed by atoms with Gasteiger partial charge in [0.2, 0.25) is 0 Å². The third-order valence-corrected chi connectivity index (χ3v) is 4.73. The van der Waals surface area contributed by atoms with Gasteiger partial charge in [0.05, 0.1) is 0 Å². The molecule has 2 N–H and O–H groups in total. The average Bonchev–Trinajstić information content (AvgIpc) is 2.53. The van der Waals surface area contributed by atoms with Crippen molar-refractivity contribution >= 4 is 11.6 Å². The van der Waals surface area contributed by atoms with Crippen LogP contribution in [0, 0.1) is 18.8 Å². The van der Waals surface area contributed by atoms with E-state index in [1.165, 1.54) is 32.1 Å². The Kier molecular flexibility index (Phi) is 6.27. The van der Waals surface area contributed by atoms with E-state index >= 15 is 0 Å². The highest BCUT2D eigenvalue weighted by atomic mass is 15.1. The summed E-state index contributed by atoms with van der Waals surface area (Å²) in [6.45, 7) is 8.57. The summed E-state index contributed by atoms with van der Waals surface area (Å²) in [6.07, 6.45) is 9.61. The van der Waals surface area contributed by atoms with Crippen molar-refractivity contribution in [3.8, 4) is 0 Å². The second kappa shape index (κ2) is 8.20. The van der Waals surface area contributed by atoms with E-state index in [0.29, 0.717) is 0 Å². The topological polar surface area (TPSA) is 49.8 Å². The van der Waals surface area contributed by atoms with Gasteiger partial charge < -0.3 is 10.6 Å². The van der Waals surface area contributed by atoms with Crippen LogP contribution in [-0.4, -0.2) is 23.1 Å². The fraction of sp³-hybridized carbons (Fsp3) is 0.765. The van der Waals surface area contributed by atoms with Crippen molar-refractivity contribution in [1.29, 1.82) is 0 Å². The summed E-state index contributed by atoms with van der Waals surface area (Å²) in [5.41, 5.74) is 1.13. The monoisotopic (exact) mass is 290 g/mol. The van der Waals surface area contributed by atoms with Crippen LogP contribution in [0.1, 0.15) is 57.9 Å². The highest BCUT2D eigenvalue weighted by molar-refractivity contribution is 5.56. The van der Waals surface area contributed by atoms with Crippen LogP contribution in [0.2, 0.25) is 0 Å². The van der Waals surface area contributed by atoms with Gasteiger partial charge in [0.1, 0.15) is 18.0 Å². The first-order chi connectivity index (χ1) is 10.2. The molecule has 1 aliphatic carbocycles. The molecule has 1 heterocycles. The largest absolute Gasteiger partial charge is 0.370 e. The zero-order valence-corrected chi connectivity index (χ0v) is 13.8. The highest BCUT2D eigenvalue weighted by Crippen LogP contribution is 2.31. The first-order valence-corrected chi connectivity index (χ1v) is 8.53. The van der Waals surface area contributed by atoms with Crippen LogP contribution in [0.4, 0.5) is 11.6 Å². The van der Waals surface area contributed by atoms with Gasteiger partial charge in [-0.05, 0) is 38.0 Å². The standard InChI is InChI=1S/C17H30N4/c1-4-10-18-16-13(3)17(21-12-20-16)19-11-15-8-6-14(5-2)7-9-15/h12,14-15H,4-11H2,1-3H3,(H2,18,19,20,21). The molecule has 0 aliphatic heterocycles. The van der Waals surface area contributed by atoms with Crippen LogP contribution in [-0.2, 0) is 0 Å². The van der Waals surface area contributed by atoms with Crippen LogP contribution in [0.25, 0.3) is 0 Å². The fourth-order valence-electron chi connectivity index (χ4n) is 3.13. The lowest BCUT2D eigenvalue weighted by Gasteiger charge is -2.28. The Morgan fingerprint density at radius 1 is 1.00 bits per heavy atom. The summed E-state index contributed by atoms with van der Waals surface area (Å²) in [6, 6.07) is 0. The second-order valence-electron chi connectivity index (χ2n) is 6.30. The zero-order valence-electron chi connectivity index (χ0n) is 13.8. The predicted molar refractivity (Wildman–Crippen MR) is 89.8 cm³/mol. The Balaban J connectivity index is 1.85. The lowest BCUT2D eigenvalue weighted by atomic mass is 9.81. The van der Waals surface area contributed by atoms with Crippen molar-refractivity contribution in [3.63, 3.8) is 0 Å². The van der Waals surface area contributed by atoms with Crippen LogP contribution < -0.4 is 10.6 Å². The third kappa shape index (κ3) is 4.58. The van der Waals surface area contributed by atoms with Gasteiger partial charge in [0.15, 0.2) is 0 Å². The van der Waals surface area contributed by atoms with Crippen LogP contribution in [0.15, 0.2) is 6.33 Å². The summed E-state index contributed by atoms with van der Waals surface area (Å²) >= 11 is 0. The molecular formula is C17H30N4. The van der Waals surface area contributed by atoms with Crippen molar-refractivity contribution in [2.75, 3.05) is 23.7 Å². The van der Waals surface area contributed by atoms with Crippen LogP contribution >= 0.6 is 0 Å². The summed E-state index contributed by atoms with van der Waals surface area (Å²) in [7, 11) is 0. The lowest BCUT2D eigenvalue weighted by molar-refractivity contribution is 0.278. The fourth-order valence-corrected chi connectivity index (χ4v) is 3.13. The van der Waals surface area contributed by atoms with E-state index in [-0.39, 0.29) is 0 Å². The van der Waals surface area contributed by atoms with E-state index in [0.717, 1.165) is 48.5 Å². The SMILES string of the molecule is CCCNc1ncnc(NCC2CCC(CC)CC2)c1C. The highest BCUT2D eigenvalue weighted by Gasteiger charge is 2.20. The molecule has 2 rings (SSSR count). The molecule has 0 bridgehead atoms. The van der Waals surface area contributed by atoms with Gasteiger partial charge in [-0.15, -0.1) is 0 Å². The maximum atomic E-state index is 4.40. The van der Waals surface area contributed by atoms with E-state index in [1.54, 1.807) is 6.33 Å². The minimum absolute atomic E-state index is 0.800. The number of hydrogen-bond acceptors (Lipinski definition) is 4. The number of hydrogen-bond donors (Lipinski definition) is 2. The van der Waals surface area contributed by atoms with Gasteiger partial charge >= 0.3 is 0 Å². The molecule has 1 fully saturated rings. The minimum Gasteiger partial charge on any atom is -0.370 e. The van der Waals surface area contributed by atoms with Crippen molar-refractivity contribution in [1.82, 2.24) is 9.97 Å². The molecule has 1 aromatic heterocycles. The van der Waals surface area contributed by atoms with E-state index in [2.05, 4.69) is 41.4 Å². The van der Waals surface area contributed by atoms with Crippen LogP contribution in [0.5, 0.6) is 0 Å². The quantitative estimate of drug-likeness (QED) is 0.789. The number of anilines is 2. The zero-order chi connectivity index (χ0) is 15.1. The molecule has 0 aromatic carbocycles. The summed E-state index contributed by atoms with van der Waals surface area (Å²) in [4.78, 5) is 8.73. The molecule has 118 valence electrons. The Morgan fingerprint density at radius 2 is 1.62 bits per heavy atom. The molecule has 0 spiro atoms. The second-order valence-corrected chi connectivity index (χ2v) is 6.30. The van der Waals surface area contributed by atoms with Crippen molar-refractivity contribution in [3.05, 3.63) is 11.9 Å². The molecule has 4 heteroatoms. The van der Waals surface area contributed by atoms with Crippen molar-refractivity contribution in [2.24, 2.45) is 11.8 Å². The maximum absolute atomic E-state index is 4.40. The maximum Gasteiger partial charge on any atom is 0.134 e. The minimum atomic E-state index is 0.800. The summed E-state index contributed by atoms with van der Waals surface area (Å²) in [5.74, 6) is 3.71. The Bertz CT molecular complexity index is 425. The molecule has 1 saturated carbocycles. The lowest BCUT2D eigenvalue weighted by Crippen LogP contribution is -2.22. The predicted octanol–water partition coefficient (Wildman–Crippen LogP) is 4.24.